The molecule has 0 N–H and O–H groups in total. The van der Waals surface area contributed by atoms with Gasteiger partial charge in [-0.15, -0.1) is 11.8 Å². The van der Waals surface area contributed by atoms with Crippen molar-refractivity contribution in [3.05, 3.63) is 30.3 Å². The Hall–Kier alpha value is -0.430. The molecule has 0 saturated carbocycles. The second-order valence-corrected chi connectivity index (χ2v) is 5.40. The van der Waals surface area contributed by atoms with Crippen molar-refractivity contribution in [1.29, 1.82) is 0 Å². The van der Waals surface area contributed by atoms with E-state index >= 15 is 0 Å². The highest BCUT2D eigenvalue weighted by molar-refractivity contribution is 7.98. The summed E-state index contributed by atoms with van der Waals surface area (Å²) >= 11 is 1.77. The fourth-order valence-electron chi connectivity index (χ4n) is 0.557. The van der Waals surface area contributed by atoms with E-state index in [0.29, 0.717) is 5.41 Å². The molecule has 0 aromatic heterocycles. The van der Waals surface area contributed by atoms with Gasteiger partial charge in [-0.25, -0.2) is 0 Å². The lowest BCUT2D eigenvalue weighted by atomic mass is 10.0. The summed E-state index contributed by atoms with van der Waals surface area (Å²) < 4.78 is 0. The molecule has 0 aliphatic rings. The Bertz CT molecular complexity index is 208. The van der Waals surface area contributed by atoms with Crippen LogP contribution in [0.4, 0.5) is 0 Å². The van der Waals surface area contributed by atoms with Crippen LogP contribution >= 0.6 is 11.8 Å². The largest absolute Gasteiger partial charge is 0.130 e. The van der Waals surface area contributed by atoms with E-state index < -0.39 is 0 Å². The van der Waals surface area contributed by atoms with Crippen LogP contribution in [-0.4, -0.2) is 6.26 Å². The molecule has 15 heavy (non-hydrogen) atoms. The highest BCUT2D eigenvalue weighted by Gasteiger charge is 1.95. The number of hydrogen-bond donors (Lipinski definition) is 0. The Morgan fingerprint density at radius 2 is 1.27 bits per heavy atom. The fraction of sp³-hybridized carbons (Fsp3) is 0.571. The summed E-state index contributed by atoms with van der Waals surface area (Å²) in [4.78, 5) is 1.33. The minimum Gasteiger partial charge on any atom is -0.130 e. The first-order valence-electron chi connectivity index (χ1n) is 5.52. The van der Waals surface area contributed by atoms with Gasteiger partial charge >= 0.3 is 0 Å². The molecular weight excluding hydrogens is 200 g/mol. The topological polar surface area (TPSA) is 0 Å². The third kappa shape index (κ3) is 19.8. The number of hydrogen-bond acceptors (Lipinski definition) is 1. The van der Waals surface area contributed by atoms with Gasteiger partial charge in [0.25, 0.3) is 0 Å². The molecule has 1 rings (SSSR count). The molecule has 1 aromatic carbocycles. The third-order valence-electron chi connectivity index (χ3n) is 0.979. The minimum atomic E-state index is 0. The Balaban J connectivity index is -0.000000187. The van der Waals surface area contributed by atoms with Crippen LogP contribution in [0.5, 0.6) is 0 Å². The Labute approximate surface area is 102 Å². The first-order chi connectivity index (χ1) is 6.93. The third-order valence-corrected chi connectivity index (χ3v) is 1.72. The SMILES string of the molecule is CC.CC(C)(C)C.CSc1ccccc1.[HH]. The molecule has 0 fully saturated rings. The summed E-state index contributed by atoms with van der Waals surface area (Å²) in [6.07, 6.45) is 2.08. The average molecular weight is 228 g/mol. The summed E-state index contributed by atoms with van der Waals surface area (Å²) in [7, 11) is 0. The van der Waals surface area contributed by atoms with E-state index in [-0.39, 0.29) is 1.43 Å². The molecule has 0 saturated heterocycles. The predicted octanol–water partition coefficient (Wildman–Crippen LogP) is 5.73. The molecule has 0 unspecified atom stereocenters. The lowest BCUT2D eigenvalue weighted by Crippen LogP contribution is -1.93. The monoisotopic (exact) mass is 228 g/mol. The van der Waals surface area contributed by atoms with Gasteiger partial charge in [-0.1, -0.05) is 59.7 Å². The normalized spacial score (nSPS) is 9.27. The molecule has 0 bridgehead atoms. The molecule has 90 valence electrons. The van der Waals surface area contributed by atoms with Crippen LogP contribution in [0.15, 0.2) is 35.2 Å². The van der Waals surface area contributed by atoms with Crippen LogP contribution in [0.1, 0.15) is 43.0 Å². The van der Waals surface area contributed by atoms with Crippen LogP contribution in [0.25, 0.3) is 0 Å². The second kappa shape index (κ2) is 10.1. The van der Waals surface area contributed by atoms with Crippen LogP contribution in [0.2, 0.25) is 0 Å². The number of rotatable bonds is 1. The molecule has 0 heterocycles. The Morgan fingerprint density at radius 1 is 0.933 bits per heavy atom. The maximum absolute atomic E-state index is 2.19. The van der Waals surface area contributed by atoms with E-state index in [1.165, 1.54) is 4.90 Å². The lowest BCUT2D eigenvalue weighted by molar-refractivity contribution is 0.469. The van der Waals surface area contributed by atoms with E-state index in [1.54, 1.807) is 11.8 Å². The smallest absolute Gasteiger partial charge is 0.00691 e. The molecule has 0 atom stereocenters. The number of benzene rings is 1. The summed E-state index contributed by atoms with van der Waals surface area (Å²) in [6.45, 7) is 12.8. The van der Waals surface area contributed by atoms with Crippen molar-refractivity contribution in [2.45, 2.75) is 46.4 Å². The van der Waals surface area contributed by atoms with Crippen LogP contribution < -0.4 is 0 Å². The van der Waals surface area contributed by atoms with Crippen molar-refractivity contribution in [3.63, 3.8) is 0 Å². The van der Waals surface area contributed by atoms with Gasteiger partial charge in [-0.3, -0.25) is 0 Å². The van der Waals surface area contributed by atoms with E-state index in [9.17, 15) is 0 Å². The van der Waals surface area contributed by atoms with Crippen molar-refractivity contribution in [2.24, 2.45) is 5.41 Å². The van der Waals surface area contributed by atoms with E-state index in [0.717, 1.165) is 0 Å². The van der Waals surface area contributed by atoms with Gasteiger partial charge in [0, 0.05) is 6.32 Å². The Kier molecular flexibility index (Phi) is 11.4. The molecular formula is C14H28S. The molecule has 1 aromatic rings. The van der Waals surface area contributed by atoms with E-state index in [4.69, 9.17) is 0 Å². The van der Waals surface area contributed by atoms with E-state index in [2.05, 4.69) is 46.1 Å². The molecule has 0 aliphatic carbocycles. The second-order valence-electron chi connectivity index (χ2n) is 4.52. The molecule has 1 heteroatoms. The van der Waals surface area contributed by atoms with Gasteiger partial charge in [0.1, 0.15) is 0 Å². The number of thioether (sulfide) groups is 1. The zero-order valence-corrected chi connectivity index (χ0v) is 12.1. The minimum absolute atomic E-state index is 0. The summed E-state index contributed by atoms with van der Waals surface area (Å²) in [5.41, 5.74) is 0.500. The maximum atomic E-state index is 2.19. The lowest BCUT2D eigenvalue weighted by Gasteiger charge is -2.05. The van der Waals surface area contributed by atoms with Gasteiger partial charge in [-0.05, 0) is 23.8 Å². The highest BCUT2D eigenvalue weighted by atomic mass is 32.2. The quantitative estimate of drug-likeness (QED) is 0.553. The van der Waals surface area contributed by atoms with Gasteiger partial charge in [0.05, 0.1) is 0 Å². The van der Waals surface area contributed by atoms with Crippen LogP contribution in [-0.2, 0) is 0 Å². The van der Waals surface area contributed by atoms with Crippen molar-refractivity contribution in [1.82, 2.24) is 0 Å². The highest BCUT2D eigenvalue weighted by Crippen LogP contribution is 2.11. The molecule has 0 nitrogen and oxygen atoms in total. The standard InChI is InChI=1S/C7H8S.C5H12.C2H6.H2/c1-8-7-5-3-2-4-6-7;1-5(2,3)4;1-2;/h2-6H,1H3;1-4H3;1-2H3;1H. The maximum Gasteiger partial charge on any atom is 0.00691 e. The van der Waals surface area contributed by atoms with Crippen molar-refractivity contribution < 1.29 is 1.43 Å². The van der Waals surface area contributed by atoms with Crippen LogP contribution in [0, 0.1) is 5.41 Å². The van der Waals surface area contributed by atoms with Crippen molar-refractivity contribution in [2.75, 3.05) is 6.26 Å². The van der Waals surface area contributed by atoms with Gasteiger partial charge in [0.15, 0.2) is 0 Å². The van der Waals surface area contributed by atoms with Crippen LogP contribution in [0.3, 0.4) is 0 Å². The fourth-order valence-corrected chi connectivity index (χ4v) is 0.986. The average Bonchev–Trinajstić information content (AvgIpc) is 2.20. The van der Waals surface area contributed by atoms with Gasteiger partial charge in [-0.2, -0.15) is 0 Å². The van der Waals surface area contributed by atoms with Gasteiger partial charge < -0.3 is 0 Å². The molecule has 0 radical (unpaired) electrons. The van der Waals surface area contributed by atoms with Crippen molar-refractivity contribution >= 4 is 11.8 Å². The Morgan fingerprint density at radius 3 is 1.47 bits per heavy atom. The summed E-state index contributed by atoms with van der Waals surface area (Å²) in [5, 5.41) is 0. The molecule has 0 amide bonds. The van der Waals surface area contributed by atoms with Gasteiger partial charge in [0.2, 0.25) is 0 Å². The first-order valence-corrected chi connectivity index (χ1v) is 6.75. The molecule has 0 spiro atoms. The van der Waals surface area contributed by atoms with E-state index in [1.807, 2.05) is 32.0 Å². The molecule has 0 aliphatic heterocycles. The first kappa shape index (κ1) is 17.0. The predicted molar refractivity (Wildman–Crippen MR) is 76.8 cm³/mol. The zero-order valence-electron chi connectivity index (χ0n) is 11.3. The summed E-state index contributed by atoms with van der Waals surface area (Å²) in [5.74, 6) is 0. The zero-order chi connectivity index (χ0) is 12.3. The summed E-state index contributed by atoms with van der Waals surface area (Å²) in [6, 6.07) is 10.3. The van der Waals surface area contributed by atoms with Crippen molar-refractivity contribution in [3.8, 4) is 0 Å².